The standard InChI is InChI=1S/C20H28O6S2/c1-19(20(2)27-10-7-11-28-20,16(17(21)25-5)18(22)26-6)13-8-9-14(23-3)15(12-13)24-4/h8-9,12,16H,7,10-11H2,1-6H3. The fraction of sp³-hybridized carbons (Fsp3) is 0.600. The van der Waals surface area contributed by atoms with Crippen LogP contribution in [-0.4, -0.2) is 56.0 Å². The molecule has 1 unspecified atom stereocenters. The van der Waals surface area contributed by atoms with E-state index in [4.69, 9.17) is 18.9 Å². The third-order valence-electron chi connectivity index (χ3n) is 5.42. The van der Waals surface area contributed by atoms with Crippen LogP contribution in [0.5, 0.6) is 11.5 Å². The van der Waals surface area contributed by atoms with E-state index in [0.29, 0.717) is 11.5 Å². The monoisotopic (exact) mass is 428 g/mol. The highest BCUT2D eigenvalue weighted by atomic mass is 32.2. The van der Waals surface area contributed by atoms with Crippen molar-refractivity contribution < 1.29 is 28.5 Å². The molecule has 28 heavy (non-hydrogen) atoms. The highest BCUT2D eigenvalue weighted by Crippen LogP contribution is 2.58. The van der Waals surface area contributed by atoms with Gasteiger partial charge in [-0.2, -0.15) is 0 Å². The molecule has 0 saturated carbocycles. The second kappa shape index (κ2) is 9.31. The summed E-state index contributed by atoms with van der Waals surface area (Å²) in [5.74, 6) is 0.658. The van der Waals surface area contributed by atoms with Crippen molar-refractivity contribution in [3.05, 3.63) is 23.8 Å². The number of benzene rings is 1. The summed E-state index contributed by atoms with van der Waals surface area (Å²) in [6, 6.07) is 5.50. The van der Waals surface area contributed by atoms with E-state index in [-0.39, 0.29) is 0 Å². The van der Waals surface area contributed by atoms with Crippen molar-refractivity contribution in [2.45, 2.75) is 29.8 Å². The zero-order valence-electron chi connectivity index (χ0n) is 17.2. The molecule has 1 fully saturated rings. The van der Waals surface area contributed by atoms with Gasteiger partial charge in [-0.05, 0) is 42.5 Å². The fourth-order valence-corrected chi connectivity index (χ4v) is 7.03. The Morgan fingerprint density at radius 3 is 2.00 bits per heavy atom. The molecule has 6 nitrogen and oxygen atoms in total. The summed E-state index contributed by atoms with van der Waals surface area (Å²) in [5.41, 5.74) is -0.127. The third-order valence-corrected chi connectivity index (χ3v) is 9.06. The summed E-state index contributed by atoms with van der Waals surface area (Å²) in [6.45, 7) is 4.01. The summed E-state index contributed by atoms with van der Waals surface area (Å²) in [5, 5.41) is 0. The number of carbonyl (C=O) groups excluding carboxylic acids is 2. The van der Waals surface area contributed by atoms with Crippen LogP contribution in [0.2, 0.25) is 0 Å². The molecule has 0 radical (unpaired) electrons. The van der Waals surface area contributed by atoms with E-state index in [1.54, 1.807) is 43.8 Å². The molecule has 1 aromatic carbocycles. The number of esters is 2. The van der Waals surface area contributed by atoms with Gasteiger partial charge in [0, 0.05) is 5.41 Å². The number of hydrogen-bond donors (Lipinski definition) is 0. The van der Waals surface area contributed by atoms with E-state index in [9.17, 15) is 9.59 Å². The smallest absolute Gasteiger partial charge is 0.321 e. The Morgan fingerprint density at radius 2 is 1.54 bits per heavy atom. The summed E-state index contributed by atoms with van der Waals surface area (Å²) in [6.07, 6.45) is 1.08. The SMILES string of the molecule is COC(=O)C(C(=O)OC)C(C)(c1ccc(OC)c(OC)c1)C1(C)SCCCS1. The Hall–Kier alpha value is -1.54. The van der Waals surface area contributed by atoms with Gasteiger partial charge < -0.3 is 18.9 Å². The number of carbonyl (C=O) groups is 2. The zero-order chi connectivity index (χ0) is 20.9. The molecular weight excluding hydrogens is 400 g/mol. The number of hydrogen-bond acceptors (Lipinski definition) is 8. The molecule has 1 aliphatic heterocycles. The van der Waals surface area contributed by atoms with E-state index in [1.807, 2.05) is 19.1 Å². The number of thioether (sulfide) groups is 2. The third kappa shape index (κ3) is 3.94. The first-order valence-corrected chi connectivity index (χ1v) is 10.9. The van der Waals surface area contributed by atoms with Crippen LogP contribution < -0.4 is 9.47 Å². The minimum absolute atomic E-state index is 0.460. The van der Waals surface area contributed by atoms with Gasteiger partial charge in [0.25, 0.3) is 0 Å². The Morgan fingerprint density at radius 1 is 1.00 bits per heavy atom. The fourth-order valence-electron chi connectivity index (χ4n) is 3.59. The van der Waals surface area contributed by atoms with Crippen molar-refractivity contribution >= 4 is 35.5 Å². The molecule has 0 amide bonds. The summed E-state index contributed by atoms with van der Waals surface area (Å²) >= 11 is 3.50. The minimum Gasteiger partial charge on any atom is -0.493 e. The second-order valence-electron chi connectivity index (χ2n) is 6.75. The van der Waals surface area contributed by atoms with Gasteiger partial charge in [-0.25, -0.2) is 0 Å². The maximum absolute atomic E-state index is 12.8. The number of rotatable bonds is 7. The Labute approximate surface area is 175 Å². The van der Waals surface area contributed by atoms with E-state index in [2.05, 4.69) is 6.92 Å². The van der Waals surface area contributed by atoms with Gasteiger partial charge in [0.15, 0.2) is 17.4 Å². The normalized spacial score (nSPS) is 18.1. The van der Waals surface area contributed by atoms with Gasteiger partial charge in [0.05, 0.1) is 32.5 Å². The highest BCUT2D eigenvalue weighted by Gasteiger charge is 2.58. The molecule has 1 saturated heterocycles. The molecule has 1 aromatic rings. The van der Waals surface area contributed by atoms with Gasteiger partial charge in [-0.15, -0.1) is 23.5 Å². The van der Waals surface area contributed by atoms with Crippen molar-refractivity contribution in [2.75, 3.05) is 39.9 Å². The van der Waals surface area contributed by atoms with Crippen LogP contribution in [-0.2, 0) is 24.5 Å². The first-order chi connectivity index (χ1) is 13.3. The molecule has 0 spiro atoms. The molecular formula is C20H28O6S2. The van der Waals surface area contributed by atoms with Gasteiger partial charge in [0.1, 0.15) is 0 Å². The van der Waals surface area contributed by atoms with Crippen molar-refractivity contribution in [2.24, 2.45) is 5.92 Å². The maximum Gasteiger partial charge on any atom is 0.321 e. The van der Waals surface area contributed by atoms with Crippen LogP contribution in [0, 0.1) is 5.92 Å². The lowest BCUT2D eigenvalue weighted by Crippen LogP contribution is -2.55. The minimum atomic E-state index is -1.12. The van der Waals surface area contributed by atoms with Crippen molar-refractivity contribution in [3.8, 4) is 11.5 Å². The molecule has 156 valence electrons. The first-order valence-electron chi connectivity index (χ1n) is 8.95. The largest absolute Gasteiger partial charge is 0.493 e. The van der Waals surface area contributed by atoms with Gasteiger partial charge in [0.2, 0.25) is 0 Å². The van der Waals surface area contributed by atoms with Gasteiger partial charge in [-0.3, -0.25) is 9.59 Å². The van der Waals surface area contributed by atoms with E-state index in [1.165, 1.54) is 14.2 Å². The van der Waals surface area contributed by atoms with Crippen LogP contribution in [0.1, 0.15) is 25.8 Å². The van der Waals surface area contributed by atoms with Crippen LogP contribution in [0.25, 0.3) is 0 Å². The van der Waals surface area contributed by atoms with E-state index >= 15 is 0 Å². The topological polar surface area (TPSA) is 71.1 Å². The molecule has 0 bridgehead atoms. The molecule has 2 rings (SSSR count). The number of methoxy groups -OCH3 is 4. The van der Waals surface area contributed by atoms with Crippen LogP contribution >= 0.6 is 23.5 Å². The Balaban J connectivity index is 2.75. The lowest BCUT2D eigenvalue weighted by molar-refractivity contribution is -0.162. The quantitative estimate of drug-likeness (QED) is 0.483. The molecule has 1 aliphatic rings. The summed E-state index contributed by atoms with van der Waals surface area (Å²) < 4.78 is 20.4. The van der Waals surface area contributed by atoms with Crippen LogP contribution in [0.4, 0.5) is 0 Å². The average Bonchev–Trinajstić information content (AvgIpc) is 2.73. The van der Waals surface area contributed by atoms with Gasteiger partial charge in [-0.1, -0.05) is 13.0 Å². The average molecular weight is 429 g/mol. The summed E-state index contributed by atoms with van der Waals surface area (Å²) in [7, 11) is 5.70. The molecule has 8 heteroatoms. The predicted octanol–water partition coefficient (Wildman–Crippen LogP) is 3.51. The van der Waals surface area contributed by atoms with Gasteiger partial charge >= 0.3 is 11.9 Å². The zero-order valence-corrected chi connectivity index (χ0v) is 18.8. The molecule has 0 N–H and O–H groups in total. The lowest BCUT2D eigenvalue weighted by Gasteiger charge is -2.50. The maximum atomic E-state index is 12.8. The van der Waals surface area contributed by atoms with Crippen molar-refractivity contribution in [1.29, 1.82) is 0 Å². The Kier molecular flexibility index (Phi) is 7.56. The van der Waals surface area contributed by atoms with Crippen LogP contribution in [0.3, 0.4) is 0 Å². The molecule has 1 atom stereocenters. The molecule has 0 aliphatic carbocycles. The molecule has 0 aromatic heterocycles. The van der Waals surface area contributed by atoms with Crippen molar-refractivity contribution in [1.82, 2.24) is 0 Å². The summed E-state index contributed by atoms with van der Waals surface area (Å²) in [4.78, 5) is 25.6. The first kappa shape index (κ1) is 22.7. The number of ether oxygens (including phenoxy) is 4. The second-order valence-corrected chi connectivity index (χ2v) is 10.0. The van der Waals surface area contributed by atoms with E-state index in [0.717, 1.165) is 23.5 Å². The van der Waals surface area contributed by atoms with E-state index < -0.39 is 27.4 Å². The molecule has 1 heterocycles. The van der Waals surface area contributed by atoms with Crippen molar-refractivity contribution in [3.63, 3.8) is 0 Å². The van der Waals surface area contributed by atoms with Crippen LogP contribution in [0.15, 0.2) is 18.2 Å². The Bertz CT molecular complexity index is 701. The highest BCUT2D eigenvalue weighted by molar-refractivity contribution is 8.18. The lowest BCUT2D eigenvalue weighted by atomic mass is 9.68. The predicted molar refractivity (Wildman–Crippen MR) is 112 cm³/mol.